The fourth-order valence-corrected chi connectivity index (χ4v) is 3.12. The van der Waals surface area contributed by atoms with Gasteiger partial charge in [0.05, 0.1) is 25.6 Å². The van der Waals surface area contributed by atoms with E-state index in [0.717, 1.165) is 48.7 Å². The van der Waals surface area contributed by atoms with Gasteiger partial charge in [0.1, 0.15) is 5.75 Å². The van der Waals surface area contributed by atoms with Crippen LogP contribution in [-0.2, 0) is 11.3 Å². The highest BCUT2D eigenvalue weighted by atomic mass is 16.5. The van der Waals surface area contributed by atoms with Gasteiger partial charge in [-0.1, -0.05) is 12.6 Å². The van der Waals surface area contributed by atoms with Crippen molar-refractivity contribution in [2.75, 3.05) is 25.6 Å². The van der Waals surface area contributed by atoms with Crippen LogP contribution in [0.5, 0.6) is 5.75 Å². The molecule has 0 radical (unpaired) electrons. The first-order chi connectivity index (χ1) is 14.2. The smallest absolute Gasteiger partial charge is 0.288 e. The van der Waals surface area contributed by atoms with E-state index in [1.165, 1.54) is 12.4 Å². The summed E-state index contributed by atoms with van der Waals surface area (Å²) in [6, 6.07) is 8.40. The second-order valence-electron chi connectivity index (χ2n) is 6.64. The molecule has 148 valence electrons. The quantitative estimate of drug-likeness (QED) is 0.532. The summed E-state index contributed by atoms with van der Waals surface area (Å²) in [5.74, 6) is 2.13. The van der Waals surface area contributed by atoms with Crippen LogP contribution in [0.4, 0.5) is 17.5 Å². The Bertz CT molecular complexity index is 1000. The Kier molecular flexibility index (Phi) is 5.65. The van der Waals surface area contributed by atoms with Gasteiger partial charge in [0, 0.05) is 30.8 Å². The summed E-state index contributed by atoms with van der Waals surface area (Å²) in [5, 5.41) is 13.9. The molecule has 1 aromatic carbocycles. The van der Waals surface area contributed by atoms with Crippen LogP contribution in [0.2, 0.25) is 0 Å². The Labute approximate surface area is 168 Å². The number of nitrogens with zero attached hydrogens (tertiary/aromatic N) is 4. The van der Waals surface area contributed by atoms with E-state index in [2.05, 4.69) is 41.7 Å². The van der Waals surface area contributed by atoms with Crippen molar-refractivity contribution in [2.24, 2.45) is 0 Å². The van der Waals surface area contributed by atoms with Crippen LogP contribution >= 0.6 is 0 Å². The second kappa shape index (κ2) is 8.68. The summed E-state index contributed by atoms with van der Waals surface area (Å²) < 4.78 is 11.0. The van der Waals surface area contributed by atoms with E-state index in [0.29, 0.717) is 17.7 Å². The van der Waals surface area contributed by atoms with Crippen molar-refractivity contribution in [3.63, 3.8) is 0 Å². The molecule has 3 aromatic rings. The van der Waals surface area contributed by atoms with E-state index in [9.17, 15) is 0 Å². The van der Waals surface area contributed by atoms with Crippen LogP contribution in [0.25, 0.3) is 16.1 Å². The third-order valence-corrected chi connectivity index (χ3v) is 4.67. The molecular weight excluding hydrogens is 370 g/mol. The molecule has 0 spiro atoms. The maximum Gasteiger partial charge on any atom is 0.288 e. The Morgan fingerprint density at radius 2 is 2.21 bits per heavy atom. The fourth-order valence-electron chi connectivity index (χ4n) is 3.12. The molecule has 0 unspecified atom stereocenters. The maximum atomic E-state index is 6.92. The van der Waals surface area contributed by atoms with E-state index in [-0.39, 0.29) is 5.82 Å². The van der Waals surface area contributed by atoms with Gasteiger partial charge in [-0.05, 0) is 24.1 Å². The van der Waals surface area contributed by atoms with Crippen molar-refractivity contribution in [1.82, 2.24) is 25.5 Å². The van der Waals surface area contributed by atoms with Gasteiger partial charge in [-0.25, -0.2) is 4.98 Å². The number of nitrogens with one attached hydrogen (secondary N) is 3. The lowest BCUT2D eigenvalue weighted by atomic mass is 10.1. The van der Waals surface area contributed by atoms with E-state index in [4.69, 9.17) is 16.0 Å². The monoisotopic (exact) mass is 391 g/mol. The van der Waals surface area contributed by atoms with Crippen LogP contribution in [0.3, 0.4) is 0 Å². The summed E-state index contributed by atoms with van der Waals surface area (Å²) >= 11 is 0. The molecule has 1 fully saturated rings. The highest BCUT2D eigenvalue weighted by molar-refractivity contribution is 5.71. The SMILES string of the molecule is [C-]#[N+]c1cnc(Nc2cc(-c3ccc(CN[C@H]4CCOC4)cc3OC)[nH]n2)cn1. The van der Waals surface area contributed by atoms with Crippen molar-refractivity contribution in [3.8, 4) is 17.0 Å². The van der Waals surface area contributed by atoms with Gasteiger partial charge < -0.3 is 25.0 Å². The minimum absolute atomic E-state index is 0.248. The molecule has 0 saturated carbocycles. The number of anilines is 2. The average molecular weight is 391 g/mol. The molecule has 0 aliphatic carbocycles. The molecule has 29 heavy (non-hydrogen) atoms. The summed E-state index contributed by atoms with van der Waals surface area (Å²) in [7, 11) is 1.66. The number of aromatic nitrogens is 4. The van der Waals surface area contributed by atoms with E-state index in [1.807, 2.05) is 18.2 Å². The first-order valence-corrected chi connectivity index (χ1v) is 9.25. The summed E-state index contributed by atoms with van der Waals surface area (Å²) in [5.41, 5.74) is 2.87. The van der Waals surface area contributed by atoms with Gasteiger partial charge in [-0.2, -0.15) is 5.10 Å². The summed E-state index contributed by atoms with van der Waals surface area (Å²) in [6.07, 6.45) is 3.96. The van der Waals surface area contributed by atoms with Crippen molar-refractivity contribution in [3.05, 3.63) is 53.6 Å². The Morgan fingerprint density at radius 3 is 2.93 bits per heavy atom. The second-order valence-corrected chi connectivity index (χ2v) is 6.64. The van der Waals surface area contributed by atoms with E-state index in [1.54, 1.807) is 7.11 Å². The number of hydrogen-bond donors (Lipinski definition) is 3. The van der Waals surface area contributed by atoms with Crippen molar-refractivity contribution in [2.45, 2.75) is 19.0 Å². The number of ether oxygens (including phenoxy) is 2. The molecule has 9 heteroatoms. The Morgan fingerprint density at radius 1 is 1.28 bits per heavy atom. The van der Waals surface area contributed by atoms with Crippen LogP contribution in [0, 0.1) is 6.57 Å². The predicted octanol–water partition coefficient (Wildman–Crippen LogP) is 3.05. The third-order valence-electron chi connectivity index (χ3n) is 4.67. The Hall–Kier alpha value is -3.48. The summed E-state index contributed by atoms with van der Waals surface area (Å²) in [4.78, 5) is 11.4. The van der Waals surface area contributed by atoms with Crippen LogP contribution in [0.1, 0.15) is 12.0 Å². The molecule has 0 bridgehead atoms. The zero-order chi connectivity index (χ0) is 20.1. The van der Waals surface area contributed by atoms with Crippen LogP contribution < -0.4 is 15.4 Å². The fraction of sp³-hybridized carbons (Fsp3) is 0.300. The lowest BCUT2D eigenvalue weighted by molar-refractivity contribution is 0.190. The zero-order valence-electron chi connectivity index (χ0n) is 16.0. The molecule has 2 aromatic heterocycles. The van der Waals surface area contributed by atoms with Crippen molar-refractivity contribution < 1.29 is 9.47 Å². The first kappa shape index (κ1) is 18.9. The molecule has 1 saturated heterocycles. The molecule has 4 rings (SSSR count). The lowest BCUT2D eigenvalue weighted by Gasteiger charge is -2.13. The van der Waals surface area contributed by atoms with Gasteiger partial charge in [-0.3, -0.25) is 5.10 Å². The minimum atomic E-state index is 0.248. The van der Waals surface area contributed by atoms with Gasteiger partial charge in [0.2, 0.25) is 0 Å². The number of H-pyrrole nitrogens is 1. The van der Waals surface area contributed by atoms with Crippen molar-refractivity contribution in [1.29, 1.82) is 0 Å². The summed E-state index contributed by atoms with van der Waals surface area (Å²) in [6.45, 7) is 9.28. The number of hydrogen-bond acceptors (Lipinski definition) is 7. The topological polar surface area (TPSA) is 101 Å². The zero-order valence-corrected chi connectivity index (χ0v) is 16.0. The maximum absolute atomic E-state index is 6.92. The predicted molar refractivity (Wildman–Crippen MR) is 108 cm³/mol. The van der Waals surface area contributed by atoms with Gasteiger partial charge >= 0.3 is 0 Å². The first-order valence-electron chi connectivity index (χ1n) is 9.25. The normalized spacial score (nSPS) is 15.8. The number of benzene rings is 1. The van der Waals surface area contributed by atoms with Crippen LogP contribution in [-0.4, -0.2) is 46.5 Å². The largest absolute Gasteiger partial charge is 0.496 e. The number of methoxy groups -OCH3 is 1. The average Bonchev–Trinajstić information content (AvgIpc) is 3.45. The van der Waals surface area contributed by atoms with Gasteiger partial charge in [0.25, 0.3) is 5.82 Å². The molecule has 1 aliphatic rings. The highest BCUT2D eigenvalue weighted by Crippen LogP contribution is 2.31. The lowest BCUT2D eigenvalue weighted by Crippen LogP contribution is -2.28. The third kappa shape index (κ3) is 4.51. The van der Waals surface area contributed by atoms with E-state index >= 15 is 0 Å². The Balaban J connectivity index is 1.46. The van der Waals surface area contributed by atoms with Gasteiger partial charge in [0.15, 0.2) is 17.8 Å². The van der Waals surface area contributed by atoms with Gasteiger partial charge in [-0.15, -0.1) is 4.98 Å². The number of rotatable bonds is 7. The standard InChI is InChI=1S/C20H21N7O2/c1-21-19-10-24-20(11-23-19)25-18-8-16(26-27-18)15-4-3-13(7-17(15)28-2)9-22-14-5-6-29-12-14/h3-4,7-8,10-11,14,22H,5-6,9,12H2,2H3,(H2,24,25,26,27)/t14-/m0/s1. The molecule has 3 heterocycles. The molecule has 1 aliphatic heterocycles. The molecule has 3 N–H and O–H groups in total. The molecule has 1 atom stereocenters. The molecule has 0 amide bonds. The highest BCUT2D eigenvalue weighted by Gasteiger charge is 2.15. The van der Waals surface area contributed by atoms with Crippen LogP contribution in [0.15, 0.2) is 36.7 Å². The molecule has 9 nitrogen and oxygen atoms in total. The van der Waals surface area contributed by atoms with Crippen molar-refractivity contribution >= 4 is 17.5 Å². The number of aromatic amines is 1. The molecular formula is C20H21N7O2. The van der Waals surface area contributed by atoms with E-state index < -0.39 is 0 Å². The minimum Gasteiger partial charge on any atom is -0.496 e.